The summed E-state index contributed by atoms with van der Waals surface area (Å²) in [5, 5.41) is 23.2. The van der Waals surface area contributed by atoms with Crippen molar-refractivity contribution >= 4 is 27.9 Å². The van der Waals surface area contributed by atoms with Gasteiger partial charge in [-0.15, -0.1) is 0 Å². The van der Waals surface area contributed by atoms with Crippen molar-refractivity contribution < 1.29 is 179 Å². The third kappa shape index (κ3) is 747. The van der Waals surface area contributed by atoms with Crippen LogP contribution >= 0.6 is 0 Å². The van der Waals surface area contributed by atoms with Gasteiger partial charge >= 0.3 is 121 Å². The predicted molar refractivity (Wildman–Crippen MR) is 38.9 cm³/mol. The van der Waals surface area contributed by atoms with Crippen LogP contribution in [-0.4, -0.2) is 42.2 Å². The smallest absolute Gasteiger partial charge is 1.00 e. The summed E-state index contributed by atoms with van der Waals surface area (Å²) in [4.78, 5) is 8.33. The summed E-state index contributed by atoms with van der Waals surface area (Å²) in [6.45, 7) is 0. The van der Waals surface area contributed by atoms with Gasteiger partial charge in [0.25, 0.3) is 11.4 Å². The van der Waals surface area contributed by atoms with Crippen molar-refractivity contribution in [1.82, 2.24) is 0 Å². The average molecular weight is 438 g/mol. The fraction of sp³-hybridized carbons (Fsp3) is 0. The number of carbonyl (C=O) groups excluding carboxylic acids is 1. The van der Waals surface area contributed by atoms with Gasteiger partial charge in [-0.1, -0.05) is 0 Å². The zero-order valence-corrected chi connectivity index (χ0v) is 20.3. The van der Waals surface area contributed by atoms with E-state index in [1.54, 1.807) is 0 Å². The van der Waals surface area contributed by atoms with Crippen molar-refractivity contribution in [3.63, 3.8) is 0 Å². The van der Waals surface area contributed by atoms with Crippen molar-refractivity contribution in [3.8, 4) is 0 Å². The Morgan fingerprint density at radius 2 is 1.05 bits per heavy atom. The molecule has 0 aliphatic rings. The summed E-state index contributed by atoms with van der Waals surface area (Å²) in [6.07, 6.45) is -2.33. The van der Waals surface area contributed by atoms with Gasteiger partial charge in [0, 0.05) is 0 Å². The Morgan fingerprint density at radius 1 is 1.05 bits per heavy atom. The molecular formula is CH7BrKNNa2O11S2. The zero-order valence-electron chi connectivity index (χ0n) is 9.96. The summed E-state index contributed by atoms with van der Waals surface area (Å²) in [5.41, 5.74) is 0. The Labute approximate surface area is 208 Å². The Balaban J connectivity index is -0.0000000136. The van der Waals surface area contributed by atoms with Gasteiger partial charge < -0.3 is 37.2 Å². The van der Waals surface area contributed by atoms with Gasteiger partial charge in [0.05, 0.1) is 0 Å². The van der Waals surface area contributed by atoms with E-state index in [1.807, 2.05) is 0 Å². The predicted octanol–water partition coefficient (Wildman–Crippen LogP) is -16.1. The quantitative estimate of drug-likeness (QED) is 0.0894. The molecule has 0 radical (unpaired) electrons. The summed E-state index contributed by atoms with van der Waals surface area (Å²) >= 11 is -2.61. The normalized spacial score (nSPS) is 6.47. The molecule has 0 spiro atoms. The standard InChI is InChI=1S/CH2O3.BrH.K.H3NO.2Na.H2O4S.H2O3S/c2-1(3)4;;;1-2;;;1-5(2,3)4;1-4(2)3/h(H2,2,3,4);1H;;2H,1H2;;;(H2,1,2,3,4);(H2,1,2,3)/q;;+1;;2*+1;;/p-3. The number of rotatable bonds is 0. The maximum Gasteiger partial charge on any atom is 1.00 e. The number of carbonyl (C=O) groups is 1. The first-order valence-corrected chi connectivity index (χ1v) is 4.56. The van der Waals surface area contributed by atoms with E-state index >= 15 is 0 Å². The fourth-order valence-electron chi connectivity index (χ4n) is 0. The molecule has 19 heavy (non-hydrogen) atoms. The van der Waals surface area contributed by atoms with Crippen LogP contribution < -0.4 is 144 Å². The van der Waals surface area contributed by atoms with Crippen LogP contribution in [0.15, 0.2) is 0 Å². The number of hydrogen-bond donors (Lipinski definition) is 6. The van der Waals surface area contributed by atoms with E-state index in [0.29, 0.717) is 0 Å². The average Bonchev–Trinajstić information content (AvgIpc) is 1.83. The first-order valence-electron chi connectivity index (χ1n) is 2.10. The largest absolute Gasteiger partial charge is 1.00 e. The van der Waals surface area contributed by atoms with Crippen molar-refractivity contribution in [1.29, 1.82) is 0 Å². The molecule has 0 fully saturated rings. The molecule has 0 unspecified atom stereocenters. The molecule has 0 amide bonds. The van der Waals surface area contributed by atoms with Gasteiger partial charge in [-0.2, -0.15) is 12.6 Å². The van der Waals surface area contributed by atoms with Gasteiger partial charge in [0.15, 0.2) is 0 Å². The third-order valence-corrected chi connectivity index (χ3v) is 0. The van der Waals surface area contributed by atoms with Crippen LogP contribution in [0, 0.1) is 0 Å². The maximum absolute atomic E-state index is 8.74. The second-order valence-corrected chi connectivity index (χ2v) is 2.29. The molecule has 0 bridgehead atoms. The van der Waals surface area contributed by atoms with E-state index in [0.717, 1.165) is 0 Å². The summed E-state index contributed by atoms with van der Waals surface area (Å²) in [7, 11) is -4.67. The van der Waals surface area contributed by atoms with Crippen LogP contribution in [0.4, 0.5) is 4.79 Å². The molecule has 0 saturated carbocycles. The summed E-state index contributed by atoms with van der Waals surface area (Å²) in [6, 6.07) is 0. The van der Waals surface area contributed by atoms with Gasteiger partial charge in [-0.05, 0) is 6.16 Å². The van der Waals surface area contributed by atoms with Crippen LogP contribution in [0.25, 0.3) is 0 Å². The number of nitrogens with two attached hydrogens (primary N) is 1. The van der Waals surface area contributed by atoms with Crippen LogP contribution in [0.3, 0.4) is 0 Å². The number of halogens is 1. The van der Waals surface area contributed by atoms with Gasteiger partial charge in [0.2, 0.25) is 0 Å². The van der Waals surface area contributed by atoms with Gasteiger partial charge in [-0.25, -0.2) is 5.90 Å². The zero-order chi connectivity index (χ0) is 13.7. The van der Waals surface area contributed by atoms with Crippen molar-refractivity contribution in [2.24, 2.45) is 5.90 Å². The molecule has 0 aromatic rings. The summed E-state index contributed by atoms with van der Waals surface area (Å²) in [5.74, 6) is 3.50. The fourth-order valence-corrected chi connectivity index (χ4v) is 0. The van der Waals surface area contributed by atoms with Crippen LogP contribution in [-0.2, 0) is 21.8 Å². The van der Waals surface area contributed by atoms with E-state index in [-0.39, 0.29) is 127 Å². The Hall–Kier alpha value is 3.25. The molecule has 0 atom stereocenters. The summed E-state index contributed by atoms with van der Waals surface area (Å²) < 4.78 is 54.4. The molecule has 0 aliphatic carbocycles. The van der Waals surface area contributed by atoms with Crippen molar-refractivity contribution in [3.05, 3.63) is 0 Å². The first-order chi connectivity index (χ1) is 6.46. The molecule has 0 aliphatic heterocycles. The van der Waals surface area contributed by atoms with Crippen LogP contribution in [0.1, 0.15) is 0 Å². The SMILES string of the molecule is NO.O=C([O-])[O-].O=S(=O)(O)O.O=S(O)O.[Br-].[K+].[Na+].[Na+]. The topological polar surface area (TPSA) is 242 Å². The molecule has 0 saturated heterocycles. The molecule has 12 nitrogen and oxygen atoms in total. The minimum Gasteiger partial charge on any atom is -1.00 e. The van der Waals surface area contributed by atoms with Gasteiger partial charge in [-0.3, -0.25) is 18.2 Å². The van der Waals surface area contributed by atoms with Crippen molar-refractivity contribution in [2.75, 3.05) is 0 Å². The molecule has 0 rings (SSSR count). The van der Waals surface area contributed by atoms with E-state index in [9.17, 15) is 0 Å². The second kappa shape index (κ2) is 37.5. The first kappa shape index (κ1) is 49.5. The van der Waals surface area contributed by atoms with E-state index < -0.39 is 27.9 Å². The molecule has 0 aromatic carbocycles. The molecule has 18 heteroatoms. The minimum atomic E-state index is -4.67. The van der Waals surface area contributed by atoms with E-state index in [2.05, 4.69) is 5.90 Å². The third-order valence-electron chi connectivity index (χ3n) is 0. The van der Waals surface area contributed by atoms with E-state index in [1.165, 1.54) is 0 Å². The van der Waals surface area contributed by atoms with E-state index in [4.69, 9.17) is 51.1 Å². The minimum absolute atomic E-state index is 0. The van der Waals surface area contributed by atoms with Crippen LogP contribution in [0.5, 0.6) is 0 Å². The Kier molecular flexibility index (Phi) is 97.6. The number of hydrogen-bond acceptors (Lipinski definition) is 8. The molecular weight excluding hydrogens is 431 g/mol. The number of carboxylic acid groups (broad SMARTS) is 2. The Bertz CT molecular complexity index is 233. The van der Waals surface area contributed by atoms with Crippen LogP contribution in [0.2, 0.25) is 0 Å². The molecule has 104 valence electrons. The Morgan fingerprint density at radius 3 is 1.05 bits per heavy atom. The van der Waals surface area contributed by atoms with Crippen molar-refractivity contribution in [2.45, 2.75) is 0 Å². The molecule has 7 N–H and O–H groups in total. The maximum atomic E-state index is 8.74. The molecule has 0 heterocycles. The van der Waals surface area contributed by atoms with Gasteiger partial charge in [0.1, 0.15) is 0 Å². The second-order valence-electron chi connectivity index (χ2n) is 0.929. The monoisotopic (exact) mass is 437 g/mol. The molecule has 0 aromatic heterocycles.